The highest BCUT2D eigenvalue weighted by molar-refractivity contribution is 9.10. The Morgan fingerprint density at radius 3 is 2.90 bits per heavy atom. The van der Waals surface area contributed by atoms with Gasteiger partial charge in [0.05, 0.1) is 17.7 Å². The van der Waals surface area contributed by atoms with E-state index in [0.29, 0.717) is 12.4 Å². The standard InChI is InChI=1S/C15H18BrNO4/c16-13-3-1-2-12(4-5-14(18)19)15(13)21-11-8-17-6-9-20-10-7-17/h1-5H,6-11H2,(H,18,19). The summed E-state index contributed by atoms with van der Waals surface area (Å²) in [6.07, 6.45) is 2.65. The number of carboxylic acid groups (broad SMARTS) is 1. The Bertz CT molecular complexity index is 512. The van der Waals surface area contributed by atoms with Gasteiger partial charge in [-0.3, -0.25) is 4.90 Å². The molecule has 0 unspecified atom stereocenters. The predicted molar refractivity (Wildman–Crippen MR) is 83.6 cm³/mol. The third kappa shape index (κ3) is 5.15. The Morgan fingerprint density at radius 2 is 2.19 bits per heavy atom. The molecule has 1 aliphatic heterocycles. The highest BCUT2D eigenvalue weighted by Crippen LogP contribution is 2.30. The van der Waals surface area contributed by atoms with Crippen LogP contribution in [0.3, 0.4) is 0 Å². The van der Waals surface area contributed by atoms with Crippen LogP contribution >= 0.6 is 15.9 Å². The molecule has 0 atom stereocenters. The Balaban J connectivity index is 1.96. The number of aliphatic carboxylic acids is 1. The van der Waals surface area contributed by atoms with E-state index in [4.69, 9.17) is 14.6 Å². The molecular formula is C15H18BrNO4. The molecule has 1 aromatic rings. The second-order valence-electron chi connectivity index (χ2n) is 4.63. The average Bonchev–Trinajstić information content (AvgIpc) is 2.48. The van der Waals surface area contributed by atoms with Crippen LogP contribution in [0, 0.1) is 0 Å². The highest BCUT2D eigenvalue weighted by Gasteiger charge is 2.11. The minimum absolute atomic E-state index is 0.552. The first-order valence-electron chi connectivity index (χ1n) is 6.79. The zero-order chi connectivity index (χ0) is 15.1. The van der Waals surface area contributed by atoms with E-state index < -0.39 is 5.97 Å². The first kappa shape index (κ1) is 16.0. The Kier molecular flexibility index (Phi) is 6.22. The summed E-state index contributed by atoms with van der Waals surface area (Å²) in [5.41, 5.74) is 0.744. The van der Waals surface area contributed by atoms with Crippen LogP contribution in [0.4, 0.5) is 0 Å². The van der Waals surface area contributed by atoms with E-state index in [1.807, 2.05) is 18.2 Å². The van der Waals surface area contributed by atoms with E-state index in [1.165, 1.54) is 6.08 Å². The van der Waals surface area contributed by atoms with Gasteiger partial charge in [-0.1, -0.05) is 12.1 Å². The minimum atomic E-state index is -0.978. The van der Waals surface area contributed by atoms with Crippen molar-refractivity contribution in [2.24, 2.45) is 0 Å². The minimum Gasteiger partial charge on any atom is -0.490 e. The van der Waals surface area contributed by atoms with E-state index in [1.54, 1.807) is 0 Å². The summed E-state index contributed by atoms with van der Waals surface area (Å²) >= 11 is 3.44. The van der Waals surface area contributed by atoms with Crippen LogP contribution in [0.1, 0.15) is 5.56 Å². The largest absolute Gasteiger partial charge is 0.490 e. The van der Waals surface area contributed by atoms with Gasteiger partial charge in [0.2, 0.25) is 0 Å². The number of nitrogens with zero attached hydrogens (tertiary/aromatic N) is 1. The van der Waals surface area contributed by atoms with Gasteiger partial charge in [0.25, 0.3) is 0 Å². The van der Waals surface area contributed by atoms with Gasteiger partial charge in [-0.15, -0.1) is 0 Å². The summed E-state index contributed by atoms with van der Waals surface area (Å²) in [4.78, 5) is 12.9. The van der Waals surface area contributed by atoms with Crippen LogP contribution in [0.25, 0.3) is 6.08 Å². The summed E-state index contributed by atoms with van der Waals surface area (Å²) in [7, 11) is 0. The summed E-state index contributed by atoms with van der Waals surface area (Å²) in [5, 5.41) is 8.72. The van der Waals surface area contributed by atoms with Crippen LogP contribution in [0.15, 0.2) is 28.7 Å². The van der Waals surface area contributed by atoms with Gasteiger partial charge >= 0.3 is 5.97 Å². The van der Waals surface area contributed by atoms with Crippen molar-refractivity contribution in [1.29, 1.82) is 0 Å². The van der Waals surface area contributed by atoms with E-state index in [-0.39, 0.29) is 0 Å². The Hall–Kier alpha value is -1.37. The van der Waals surface area contributed by atoms with Crippen molar-refractivity contribution >= 4 is 28.0 Å². The van der Waals surface area contributed by atoms with Gasteiger partial charge < -0.3 is 14.6 Å². The number of hydrogen-bond acceptors (Lipinski definition) is 4. The molecule has 6 heteroatoms. The molecule has 1 aliphatic rings. The third-order valence-corrected chi connectivity index (χ3v) is 3.78. The first-order chi connectivity index (χ1) is 10.2. The van der Waals surface area contributed by atoms with E-state index in [9.17, 15) is 4.79 Å². The molecule has 5 nitrogen and oxygen atoms in total. The van der Waals surface area contributed by atoms with Crippen LogP contribution < -0.4 is 4.74 Å². The molecule has 114 valence electrons. The fraction of sp³-hybridized carbons (Fsp3) is 0.400. The van der Waals surface area contributed by atoms with Gasteiger partial charge in [0.15, 0.2) is 0 Å². The molecule has 0 bridgehead atoms. The number of carboxylic acids is 1. The number of morpholine rings is 1. The quantitative estimate of drug-likeness (QED) is 0.793. The Labute approximate surface area is 132 Å². The SMILES string of the molecule is O=C(O)C=Cc1cccc(Br)c1OCCN1CCOCC1. The lowest BCUT2D eigenvalue weighted by atomic mass is 10.2. The lowest BCUT2D eigenvalue weighted by molar-refractivity contribution is -0.131. The molecule has 0 radical (unpaired) electrons. The van der Waals surface area contributed by atoms with Crippen LogP contribution in [-0.2, 0) is 9.53 Å². The number of halogens is 1. The lowest BCUT2D eigenvalue weighted by Gasteiger charge is -2.26. The maximum absolute atomic E-state index is 10.6. The van der Waals surface area contributed by atoms with Crippen molar-refractivity contribution in [3.8, 4) is 5.75 Å². The molecule has 0 spiro atoms. The summed E-state index contributed by atoms with van der Waals surface area (Å²) < 4.78 is 11.9. The third-order valence-electron chi connectivity index (χ3n) is 3.16. The molecule has 2 rings (SSSR count). The molecule has 1 saturated heterocycles. The average molecular weight is 356 g/mol. The van der Waals surface area contributed by atoms with E-state index in [2.05, 4.69) is 20.8 Å². The topological polar surface area (TPSA) is 59.0 Å². The fourth-order valence-corrected chi connectivity index (χ4v) is 2.57. The number of carbonyl (C=O) groups is 1. The number of benzene rings is 1. The number of para-hydroxylation sites is 1. The van der Waals surface area contributed by atoms with Crippen molar-refractivity contribution in [2.45, 2.75) is 0 Å². The summed E-state index contributed by atoms with van der Waals surface area (Å²) in [5.74, 6) is -0.308. The van der Waals surface area contributed by atoms with Crippen molar-refractivity contribution in [3.05, 3.63) is 34.3 Å². The van der Waals surface area contributed by atoms with Gasteiger partial charge in [-0.2, -0.15) is 0 Å². The molecule has 0 amide bonds. The Morgan fingerprint density at radius 1 is 1.43 bits per heavy atom. The molecule has 1 heterocycles. The lowest BCUT2D eigenvalue weighted by Crippen LogP contribution is -2.38. The maximum Gasteiger partial charge on any atom is 0.328 e. The van der Waals surface area contributed by atoms with Crippen LogP contribution in [-0.4, -0.2) is 55.4 Å². The molecular weight excluding hydrogens is 338 g/mol. The monoisotopic (exact) mass is 355 g/mol. The van der Waals surface area contributed by atoms with E-state index >= 15 is 0 Å². The molecule has 0 aromatic heterocycles. The summed E-state index contributed by atoms with van der Waals surface area (Å²) in [6, 6.07) is 5.55. The van der Waals surface area contributed by atoms with Crippen molar-refractivity contribution < 1.29 is 19.4 Å². The number of ether oxygens (including phenoxy) is 2. The highest BCUT2D eigenvalue weighted by atomic mass is 79.9. The zero-order valence-corrected chi connectivity index (χ0v) is 13.2. The zero-order valence-electron chi connectivity index (χ0n) is 11.6. The molecule has 1 fully saturated rings. The van der Waals surface area contributed by atoms with Crippen LogP contribution in [0.2, 0.25) is 0 Å². The second kappa shape index (κ2) is 8.17. The molecule has 21 heavy (non-hydrogen) atoms. The summed E-state index contributed by atoms with van der Waals surface area (Å²) in [6.45, 7) is 4.75. The predicted octanol–water partition coefficient (Wildman–Crippen LogP) is 2.26. The van der Waals surface area contributed by atoms with Crippen molar-refractivity contribution in [3.63, 3.8) is 0 Å². The smallest absolute Gasteiger partial charge is 0.328 e. The fourth-order valence-electron chi connectivity index (χ4n) is 2.07. The van der Waals surface area contributed by atoms with Gasteiger partial charge in [0, 0.05) is 31.3 Å². The number of hydrogen-bond donors (Lipinski definition) is 1. The number of rotatable bonds is 6. The van der Waals surface area contributed by atoms with E-state index in [0.717, 1.165) is 49.0 Å². The molecule has 1 N–H and O–H groups in total. The maximum atomic E-state index is 10.6. The molecule has 0 aliphatic carbocycles. The second-order valence-corrected chi connectivity index (χ2v) is 5.49. The van der Waals surface area contributed by atoms with Crippen molar-refractivity contribution in [1.82, 2.24) is 4.90 Å². The van der Waals surface area contributed by atoms with Crippen LogP contribution in [0.5, 0.6) is 5.75 Å². The molecule has 1 aromatic carbocycles. The van der Waals surface area contributed by atoms with Gasteiger partial charge in [-0.25, -0.2) is 4.79 Å². The van der Waals surface area contributed by atoms with Crippen molar-refractivity contribution in [2.75, 3.05) is 39.5 Å². The van der Waals surface area contributed by atoms with Gasteiger partial charge in [0.1, 0.15) is 12.4 Å². The normalized spacial score (nSPS) is 16.2. The van der Waals surface area contributed by atoms with Gasteiger partial charge in [-0.05, 0) is 28.1 Å². The first-order valence-corrected chi connectivity index (χ1v) is 7.58. The molecule has 0 saturated carbocycles.